The van der Waals surface area contributed by atoms with Gasteiger partial charge in [-0.05, 0) is 155 Å². The molecule has 2 heteroatoms. The maximum Gasteiger partial charge on any atom is 0.0482 e. The number of rotatable bonds is 7. The average molecular weight is 839 g/mol. The molecule has 9 aromatic rings. The van der Waals surface area contributed by atoms with Gasteiger partial charge in [0.2, 0.25) is 0 Å². The Kier molecular flexibility index (Phi) is 8.60. The van der Waals surface area contributed by atoms with Crippen LogP contribution >= 0.6 is 0 Å². The van der Waals surface area contributed by atoms with Crippen LogP contribution < -0.4 is 9.80 Å². The lowest BCUT2D eigenvalue weighted by Crippen LogP contribution is -2.20. The second-order valence-electron chi connectivity index (χ2n) is 20.3. The largest absolute Gasteiger partial charge is 0.345 e. The third kappa shape index (κ3) is 5.93. The minimum atomic E-state index is -0.103. The van der Waals surface area contributed by atoms with E-state index in [1.807, 2.05) is 0 Å². The van der Waals surface area contributed by atoms with Crippen molar-refractivity contribution in [2.24, 2.45) is 0 Å². The highest BCUT2D eigenvalue weighted by Crippen LogP contribution is 2.53. The van der Waals surface area contributed by atoms with E-state index in [2.05, 4.69) is 246 Å². The van der Waals surface area contributed by atoms with E-state index in [1.54, 1.807) is 0 Å². The van der Waals surface area contributed by atoms with Gasteiger partial charge in [0.15, 0.2) is 0 Å². The molecule has 0 radical (unpaired) electrons. The molecule has 0 aromatic heterocycles. The van der Waals surface area contributed by atoms with Crippen molar-refractivity contribution in [3.8, 4) is 44.5 Å². The Labute approximate surface area is 384 Å². The zero-order valence-corrected chi connectivity index (χ0v) is 38.5. The van der Waals surface area contributed by atoms with Crippen LogP contribution in [0.3, 0.4) is 0 Å². The van der Waals surface area contributed by atoms with Crippen molar-refractivity contribution in [1.82, 2.24) is 0 Å². The summed E-state index contributed by atoms with van der Waals surface area (Å²) in [5.74, 6) is 0. The van der Waals surface area contributed by atoms with E-state index < -0.39 is 0 Å². The zero-order valence-electron chi connectivity index (χ0n) is 38.5. The van der Waals surface area contributed by atoms with Crippen LogP contribution in [-0.2, 0) is 22.8 Å². The summed E-state index contributed by atoms with van der Waals surface area (Å²) in [6.45, 7) is 14.9. The van der Waals surface area contributed by atoms with Gasteiger partial charge in [0, 0.05) is 52.6 Å². The van der Waals surface area contributed by atoms with Crippen LogP contribution in [0.2, 0.25) is 0 Å². The van der Waals surface area contributed by atoms with E-state index in [1.165, 1.54) is 111 Å². The molecule has 0 saturated carbocycles. The maximum absolute atomic E-state index is 2.56. The Bertz CT molecular complexity index is 3290. The standard InChI is InChI=1S/C63H54N2/c1-61(2)55-21-13-10-18-48(55)51-31-28-44(36-58(51)61)64(7)43-26-24-41(25-27-43)54-35-40(34-42-16-8-9-17-47(42)54)39-65(45-29-32-52-49-19-11-14-22-56(49)62(3,4)59(52)37-45)46-30-33-53-50-20-12-15-23-57(50)63(5,6)60(53)38-46/h8-38H,39H2,1-7H3. The van der Waals surface area contributed by atoms with Gasteiger partial charge in [0.05, 0.1) is 0 Å². The number of fused-ring (bicyclic) bond motifs is 10. The summed E-state index contributed by atoms with van der Waals surface area (Å²) >= 11 is 0. The van der Waals surface area contributed by atoms with Gasteiger partial charge in [0.25, 0.3) is 0 Å². The topological polar surface area (TPSA) is 6.48 Å². The highest BCUT2D eigenvalue weighted by molar-refractivity contribution is 5.98. The number of hydrogen-bond acceptors (Lipinski definition) is 2. The van der Waals surface area contributed by atoms with Gasteiger partial charge in [-0.3, -0.25) is 0 Å². The zero-order chi connectivity index (χ0) is 44.4. The second kappa shape index (κ2) is 14.2. The predicted octanol–water partition coefficient (Wildman–Crippen LogP) is 16.5. The smallest absolute Gasteiger partial charge is 0.0482 e. The Balaban J connectivity index is 0.932. The number of nitrogens with zero attached hydrogens (tertiary/aromatic N) is 2. The van der Waals surface area contributed by atoms with Crippen LogP contribution in [0, 0.1) is 0 Å². The van der Waals surface area contributed by atoms with Crippen molar-refractivity contribution in [2.75, 3.05) is 16.8 Å². The molecule has 0 bridgehead atoms. The van der Waals surface area contributed by atoms with Crippen LogP contribution in [0.25, 0.3) is 55.3 Å². The molecule has 2 nitrogen and oxygen atoms in total. The van der Waals surface area contributed by atoms with Crippen molar-refractivity contribution in [3.63, 3.8) is 0 Å². The van der Waals surface area contributed by atoms with E-state index in [0.29, 0.717) is 0 Å². The fourth-order valence-electron chi connectivity index (χ4n) is 11.9. The SMILES string of the molecule is CN(c1ccc(-c2cc(CN(c3ccc4c(c3)C(C)(C)c3ccccc3-4)c3ccc4c(c3)C(C)(C)c3ccccc3-4)cc3ccccc23)cc1)c1ccc2c(c1)C(C)(C)c1ccccc1-2. The molecule has 3 aliphatic rings. The van der Waals surface area contributed by atoms with Crippen molar-refractivity contribution in [1.29, 1.82) is 0 Å². The molecule has 0 amide bonds. The molecule has 0 heterocycles. The molecule has 0 N–H and O–H groups in total. The first-order valence-corrected chi connectivity index (χ1v) is 23.3. The van der Waals surface area contributed by atoms with Gasteiger partial charge >= 0.3 is 0 Å². The number of anilines is 4. The van der Waals surface area contributed by atoms with Gasteiger partial charge in [-0.1, -0.05) is 169 Å². The van der Waals surface area contributed by atoms with Crippen LogP contribution in [0.15, 0.2) is 188 Å². The van der Waals surface area contributed by atoms with Crippen LogP contribution in [-0.4, -0.2) is 7.05 Å². The molecule has 9 aromatic carbocycles. The summed E-state index contributed by atoms with van der Waals surface area (Å²) in [6.07, 6.45) is 0. The summed E-state index contributed by atoms with van der Waals surface area (Å²) in [7, 11) is 2.19. The molecular weight excluding hydrogens is 785 g/mol. The molecule has 0 fully saturated rings. The van der Waals surface area contributed by atoms with E-state index in [-0.39, 0.29) is 16.2 Å². The van der Waals surface area contributed by atoms with Crippen molar-refractivity contribution < 1.29 is 0 Å². The third-order valence-corrected chi connectivity index (χ3v) is 15.5. The van der Waals surface area contributed by atoms with Crippen molar-refractivity contribution >= 4 is 33.5 Å². The molecule has 3 aliphatic carbocycles. The molecule has 316 valence electrons. The van der Waals surface area contributed by atoms with Gasteiger partial charge in [-0.2, -0.15) is 0 Å². The van der Waals surface area contributed by atoms with Crippen molar-refractivity contribution in [2.45, 2.75) is 64.3 Å². The highest BCUT2D eigenvalue weighted by Gasteiger charge is 2.38. The molecular formula is C63H54N2. The second-order valence-corrected chi connectivity index (χ2v) is 20.3. The lowest BCUT2D eigenvalue weighted by molar-refractivity contribution is 0.659. The Morgan fingerprint density at radius 3 is 1.25 bits per heavy atom. The molecule has 0 aliphatic heterocycles. The Morgan fingerprint density at radius 1 is 0.338 bits per heavy atom. The van der Waals surface area contributed by atoms with Crippen LogP contribution in [0.1, 0.15) is 80.5 Å². The monoisotopic (exact) mass is 838 g/mol. The predicted molar refractivity (Wildman–Crippen MR) is 275 cm³/mol. The Morgan fingerprint density at radius 2 is 0.738 bits per heavy atom. The van der Waals surface area contributed by atoms with Crippen molar-refractivity contribution in [3.05, 3.63) is 227 Å². The Hall–Kier alpha value is -7.16. The molecule has 0 saturated heterocycles. The number of hydrogen-bond donors (Lipinski definition) is 0. The molecule has 0 spiro atoms. The third-order valence-electron chi connectivity index (χ3n) is 15.5. The quantitative estimate of drug-likeness (QED) is 0.158. The lowest BCUT2D eigenvalue weighted by atomic mass is 9.82. The fraction of sp³-hybridized carbons (Fsp3) is 0.175. The fourth-order valence-corrected chi connectivity index (χ4v) is 11.9. The van der Waals surface area contributed by atoms with Gasteiger partial charge in [-0.15, -0.1) is 0 Å². The van der Waals surface area contributed by atoms with Gasteiger partial charge in [0.1, 0.15) is 0 Å². The first kappa shape index (κ1) is 39.4. The maximum atomic E-state index is 2.56. The van der Waals surface area contributed by atoms with Crippen LogP contribution in [0.5, 0.6) is 0 Å². The molecule has 0 atom stereocenters. The molecule has 12 rings (SSSR count). The molecule has 65 heavy (non-hydrogen) atoms. The lowest BCUT2D eigenvalue weighted by Gasteiger charge is -2.30. The normalized spacial score (nSPS) is 15.1. The van der Waals surface area contributed by atoms with Gasteiger partial charge < -0.3 is 9.80 Å². The van der Waals surface area contributed by atoms with E-state index in [0.717, 1.165) is 12.2 Å². The summed E-state index contributed by atoms with van der Waals surface area (Å²) in [6, 6.07) is 71.0. The number of benzene rings is 9. The first-order valence-electron chi connectivity index (χ1n) is 23.3. The minimum absolute atomic E-state index is 0.0414. The summed E-state index contributed by atoms with van der Waals surface area (Å²) in [5, 5.41) is 2.51. The van der Waals surface area contributed by atoms with E-state index >= 15 is 0 Å². The highest BCUT2D eigenvalue weighted by atomic mass is 15.1. The summed E-state index contributed by atoms with van der Waals surface area (Å²) in [4.78, 5) is 4.88. The molecule has 0 unspecified atom stereocenters. The van der Waals surface area contributed by atoms with Crippen LogP contribution in [0.4, 0.5) is 22.7 Å². The summed E-state index contributed by atoms with van der Waals surface area (Å²) in [5.41, 5.74) is 24.7. The minimum Gasteiger partial charge on any atom is -0.345 e. The van der Waals surface area contributed by atoms with Gasteiger partial charge in [-0.25, -0.2) is 0 Å². The average Bonchev–Trinajstić information content (AvgIpc) is 3.82. The summed E-state index contributed by atoms with van der Waals surface area (Å²) < 4.78 is 0. The first-order chi connectivity index (χ1) is 31.4. The van der Waals surface area contributed by atoms with E-state index in [4.69, 9.17) is 0 Å². The van der Waals surface area contributed by atoms with E-state index in [9.17, 15) is 0 Å².